The van der Waals surface area contributed by atoms with Crippen molar-refractivity contribution in [2.45, 2.75) is 33.4 Å². The van der Waals surface area contributed by atoms with E-state index in [1.807, 2.05) is 11.0 Å². The van der Waals surface area contributed by atoms with Gasteiger partial charge < -0.3 is 10.6 Å². The van der Waals surface area contributed by atoms with Gasteiger partial charge in [0.2, 0.25) is 0 Å². The van der Waals surface area contributed by atoms with Crippen molar-refractivity contribution in [2.24, 2.45) is 0 Å². The van der Waals surface area contributed by atoms with Gasteiger partial charge in [0.25, 0.3) is 0 Å². The Kier molecular flexibility index (Phi) is 9.21. The van der Waals surface area contributed by atoms with Gasteiger partial charge in [-0.2, -0.15) is 0 Å². The van der Waals surface area contributed by atoms with Gasteiger partial charge in [0.1, 0.15) is 0 Å². The summed E-state index contributed by atoms with van der Waals surface area (Å²) < 4.78 is 2.56. The van der Waals surface area contributed by atoms with Gasteiger partial charge in [-0.1, -0.05) is 19.6 Å². The summed E-state index contributed by atoms with van der Waals surface area (Å²) >= 11 is 3.42. The predicted octanol–water partition coefficient (Wildman–Crippen LogP) is 5.16. The number of piperazine rings is 2. The van der Waals surface area contributed by atoms with Crippen LogP contribution in [-0.4, -0.2) is 72.1 Å². The minimum absolute atomic E-state index is 0. The molecule has 2 fully saturated rings. The lowest BCUT2D eigenvalue weighted by Gasteiger charge is -2.33. The Labute approximate surface area is 217 Å². The van der Waals surface area contributed by atoms with E-state index in [0.717, 1.165) is 63.4 Å². The number of rotatable bonds is 4. The molecule has 2 aromatic carbocycles. The molecule has 0 amide bonds. The number of hydrogen-bond donors (Lipinski definition) is 2. The molecule has 0 spiro atoms. The van der Waals surface area contributed by atoms with Crippen LogP contribution in [0.5, 0.6) is 0 Å². The highest BCUT2D eigenvalue weighted by atomic mass is 32.1. The molecule has 188 valence electrons. The van der Waals surface area contributed by atoms with Crippen LogP contribution >= 0.6 is 22.7 Å². The first kappa shape index (κ1) is 26.1. The average Bonchev–Trinajstić information content (AvgIpc) is 3.58. The SMILES string of the molecule is C.C[C@@H](c1ccc2scnc2c1)N1CCNCC1.C[C@H](c1ccc2scnc2c1)N1CCNCC1. The average molecular weight is 511 g/mol. The van der Waals surface area contributed by atoms with Crippen LogP contribution in [0.4, 0.5) is 0 Å². The predicted molar refractivity (Wildman–Crippen MR) is 152 cm³/mol. The van der Waals surface area contributed by atoms with Crippen molar-refractivity contribution in [1.82, 2.24) is 30.4 Å². The van der Waals surface area contributed by atoms with Gasteiger partial charge in [0.15, 0.2) is 0 Å². The van der Waals surface area contributed by atoms with E-state index in [1.54, 1.807) is 22.7 Å². The van der Waals surface area contributed by atoms with Gasteiger partial charge in [-0.25, -0.2) is 9.97 Å². The number of fused-ring (bicyclic) bond motifs is 2. The molecule has 0 radical (unpaired) electrons. The lowest BCUT2D eigenvalue weighted by atomic mass is 10.1. The van der Waals surface area contributed by atoms with Gasteiger partial charge in [-0.05, 0) is 49.2 Å². The first-order valence-electron chi connectivity index (χ1n) is 12.2. The fourth-order valence-electron chi connectivity index (χ4n) is 4.83. The number of thiazole rings is 2. The number of benzene rings is 2. The van der Waals surface area contributed by atoms with Crippen LogP contribution in [0, 0.1) is 0 Å². The molecule has 2 aromatic heterocycles. The summed E-state index contributed by atoms with van der Waals surface area (Å²) in [7, 11) is 0. The Morgan fingerprint density at radius 2 is 1.09 bits per heavy atom. The number of nitrogens with zero attached hydrogens (tertiary/aromatic N) is 4. The second-order valence-electron chi connectivity index (χ2n) is 9.08. The second kappa shape index (κ2) is 12.3. The van der Waals surface area contributed by atoms with Crippen LogP contribution in [-0.2, 0) is 0 Å². The topological polar surface area (TPSA) is 56.3 Å². The summed E-state index contributed by atoms with van der Waals surface area (Å²) in [4.78, 5) is 13.9. The van der Waals surface area contributed by atoms with Crippen LogP contribution in [0.15, 0.2) is 47.4 Å². The smallest absolute Gasteiger partial charge is 0.0815 e. The van der Waals surface area contributed by atoms with Crippen molar-refractivity contribution in [1.29, 1.82) is 0 Å². The number of hydrogen-bond acceptors (Lipinski definition) is 8. The van der Waals surface area contributed by atoms with E-state index >= 15 is 0 Å². The highest BCUT2D eigenvalue weighted by Crippen LogP contribution is 2.27. The molecule has 4 aromatic rings. The normalized spacial score (nSPS) is 19.0. The molecule has 2 N–H and O–H groups in total. The van der Waals surface area contributed by atoms with Crippen molar-refractivity contribution >= 4 is 43.1 Å². The quantitative estimate of drug-likeness (QED) is 0.396. The standard InChI is InChI=1S/2C13H17N3S.CH4/c2*1-10(16-6-4-14-5-7-16)11-2-3-13-12(8-11)15-9-17-13;/h2*2-3,8-10,14H,4-7H2,1H3;1H4/t2*10-;/m10./s1. The summed E-state index contributed by atoms with van der Waals surface area (Å²) in [6.45, 7) is 13.5. The molecule has 2 aliphatic rings. The van der Waals surface area contributed by atoms with E-state index in [0.29, 0.717) is 12.1 Å². The first-order valence-corrected chi connectivity index (χ1v) is 14.0. The fourth-order valence-corrected chi connectivity index (χ4v) is 6.15. The summed E-state index contributed by atoms with van der Waals surface area (Å²) in [5.41, 5.74) is 8.87. The maximum absolute atomic E-state index is 4.39. The van der Waals surface area contributed by atoms with Gasteiger partial charge >= 0.3 is 0 Å². The Bertz CT molecular complexity index is 1100. The van der Waals surface area contributed by atoms with Crippen LogP contribution in [0.2, 0.25) is 0 Å². The molecule has 35 heavy (non-hydrogen) atoms. The zero-order chi connectivity index (χ0) is 23.3. The van der Waals surface area contributed by atoms with E-state index in [9.17, 15) is 0 Å². The van der Waals surface area contributed by atoms with Gasteiger partial charge in [-0.15, -0.1) is 22.7 Å². The third-order valence-corrected chi connectivity index (χ3v) is 8.69. The van der Waals surface area contributed by atoms with Gasteiger partial charge in [0, 0.05) is 64.4 Å². The van der Waals surface area contributed by atoms with Crippen LogP contribution in [0.25, 0.3) is 20.4 Å². The molecule has 0 bridgehead atoms. The monoisotopic (exact) mass is 510 g/mol. The number of nitrogens with one attached hydrogen (secondary N) is 2. The largest absolute Gasteiger partial charge is 0.314 e. The molecule has 4 heterocycles. The fraction of sp³-hybridized carbons (Fsp3) is 0.481. The zero-order valence-corrected chi connectivity index (χ0v) is 21.7. The molecule has 8 heteroatoms. The molecule has 6 rings (SSSR count). The van der Waals surface area contributed by atoms with E-state index in [2.05, 4.69) is 80.6 Å². The summed E-state index contributed by atoms with van der Waals surface area (Å²) in [6.07, 6.45) is 0. The Balaban J connectivity index is 0.000000160. The zero-order valence-electron chi connectivity index (χ0n) is 20.0. The van der Waals surface area contributed by atoms with Crippen molar-refractivity contribution in [3.63, 3.8) is 0 Å². The van der Waals surface area contributed by atoms with E-state index in [4.69, 9.17) is 0 Å². The second-order valence-corrected chi connectivity index (χ2v) is 10.9. The molecule has 2 atom stereocenters. The highest BCUT2D eigenvalue weighted by Gasteiger charge is 2.19. The summed E-state index contributed by atoms with van der Waals surface area (Å²) in [6, 6.07) is 14.3. The lowest BCUT2D eigenvalue weighted by Crippen LogP contribution is -2.44. The third kappa shape index (κ3) is 6.25. The molecular formula is C27H38N6S2. The van der Waals surface area contributed by atoms with Crippen LogP contribution in [0.3, 0.4) is 0 Å². The maximum Gasteiger partial charge on any atom is 0.0815 e. The van der Waals surface area contributed by atoms with Crippen molar-refractivity contribution < 1.29 is 0 Å². The molecule has 6 nitrogen and oxygen atoms in total. The third-order valence-electron chi connectivity index (χ3n) is 7.07. The minimum Gasteiger partial charge on any atom is -0.314 e. The number of aromatic nitrogens is 2. The Morgan fingerprint density at radius 3 is 1.49 bits per heavy atom. The Hall–Kier alpha value is -1.94. The summed E-state index contributed by atoms with van der Waals surface area (Å²) in [5.74, 6) is 0. The van der Waals surface area contributed by atoms with E-state index in [-0.39, 0.29) is 7.43 Å². The molecule has 0 unspecified atom stereocenters. The highest BCUT2D eigenvalue weighted by molar-refractivity contribution is 7.17. The van der Waals surface area contributed by atoms with Crippen LogP contribution < -0.4 is 10.6 Å². The molecule has 2 aliphatic heterocycles. The van der Waals surface area contributed by atoms with Gasteiger partial charge in [-0.3, -0.25) is 9.80 Å². The van der Waals surface area contributed by atoms with Crippen molar-refractivity contribution in [3.8, 4) is 0 Å². The molecule has 2 saturated heterocycles. The van der Waals surface area contributed by atoms with Crippen LogP contribution in [0.1, 0.15) is 44.5 Å². The lowest BCUT2D eigenvalue weighted by molar-refractivity contribution is 0.185. The first-order chi connectivity index (χ1) is 16.7. The van der Waals surface area contributed by atoms with Gasteiger partial charge in [0.05, 0.1) is 31.5 Å². The Morgan fingerprint density at radius 1 is 0.686 bits per heavy atom. The van der Waals surface area contributed by atoms with Crippen molar-refractivity contribution in [2.75, 3.05) is 52.4 Å². The maximum atomic E-state index is 4.39. The van der Waals surface area contributed by atoms with E-state index in [1.165, 1.54) is 20.5 Å². The molecule has 0 saturated carbocycles. The van der Waals surface area contributed by atoms with Crippen molar-refractivity contribution in [3.05, 3.63) is 58.5 Å². The molecule has 0 aliphatic carbocycles. The summed E-state index contributed by atoms with van der Waals surface area (Å²) in [5, 5.41) is 6.79. The van der Waals surface area contributed by atoms with E-state index < -0.39 is 0 Å². The molecular weight excluding hydrogens is 472 g/mol. The minimum atomic E-state index is 0.